The number of hydrogen-bond donors (Lipinski definition) is 1. The van der Waals surface area contributed by atoms with Gasteiger partial charge in [-0.3, -0.25) is 0 Å². The molecule has 4 heteroatoms. The van der Waals surface area contributed by atoms with Crippen molar-refractivity contribution in [2.45, 2.75) is 72.9 Å². The Balaban J connectivity index is 2.33. The number of nitrogens with zero attached hydrogens (tertiary/aromatic N) is 2. The Morgan fingerprint density at radius 1 is 1.38 bits per heavy atom. The molecule has 0 amide bonds. The Morgan fingerprint density at radius 3 is 2.67 bits per heavy atom. The summed E-state index contributed by atoms with van der Waals surface area (Å²) in [7, 11) is 0. The summed E-state index contributed by atoms with van der Waals surface area (Å²) in [5.41, 5.74) is 1.68. The third-order valence-corrected chi connectivity index (χ3v) is 5.47. The number of fused-ring (bicyclic) bond motifs is 1. The highest BCUT2D eigenvalue weighted by atomic mass is 32.1. The van der Waals surface area contributed by atoms with Crippen LogP contribution in [0.25, 0.3) is 0 Å². The van der Waals surface area contributed by atoms with Gasteiger partial charge in [0.1, 0.15) is 0 Å². The SMILES string of the molecule is CCCN(c1nc2c(s1)C(NCC)CC(C)(C)C2)C(C)C. The quantitative estimate of drug-likeness (QED) is 0.844. The monoisotopic (exact) mass is 309 g/mol. The zero-order chi connectivity index (χ0) is 15.6. The summed E-state index contributed by atoms with van der Waals surface area (Å²) >= 11 is 1.91. The maximum atomic E-state index is 5.02. The minimum atomic E-state index is 0.346. The van der Waals surface area contributed by atoms with E-state index < -0.39 is 0 Å². The molecule has 120 valence electrons. The van der Waals surface area contributed by atoms with Crippen LogP contribution in [0.1, 0.15) is 71.0 Å². The first-order chi connectivity index (χ1) is 9.88. The van der Waals surface area contributed by atoms with Crippen molar-refractivity contribution < 1.29 is 0 Å². The van der Waals surface area contributed by atoms with Gasteiger partial charge < -0.3 is 10.2 Å². The van der Waals surface area contributed by atoms with Gasteiger partial charge in [0.25, 0.3) is 0 Å². The number of nitrogens with one attached hydrogen (secondary N) is 1. The first kappa shape index (κ1) is 16.8. The number of hydrogen-bond acceptors (Lipinski definition) is 4. The van der Waals surface area contributed by atoms with Gasteiger partial charge >= 0.3 is 0 Å². The molecule has 3 nitrogen and oxygen atoms in total. The lowest BCUT2D eigenvalue weighted by atomic mass is 9.76. The van der Waals surface area contributed by atoms with E-state index in [1.807, 2.05) is 11.3 Å². The van der Waals surface area contributed by atoms with Crippen molar-refractivity contribution in [1.82, 2.24) is 10.3 Å². The maximum absolute atomic E-state index is 5.02. The van der Waals surface area contributed by atoms with Crippen LogP contribution in [-0.2, 0) is 6.42 Å². The summed E-state index contributed by atoms with van der Waals surface area (Å²) < 4.78 is 0. The molecule has 1 aliphatic carbocycles. The minimum Gasteiger partial charge on any atom is -0.346 e. The fraction of sp³-hybridized carbons (Fsp3) is 0.824. The van der Waals surface area contributed by atoms with Crippen LogP contribution < -0.4 is 10.2 Å². The molecule has 0 saturated carbocycles. The minimum absolute atomic E-state index is 0.346. The Hall–Kier alpha value is -0.610. The third-order valence-electron chi connectivity index (χ3n) is 4.22. The summed E-state index contributed by atoms with van der Waals surface area (Å²) in [4.78, 5) is 8.96. The molecule has 1 heterocycles. The molecule has 1 N–H and O–H groups in total. The van der Waals surface area contributed by atoms with Crippen molar-refractivity contribution in [2.24, 2.45) is 5.41 Å². The molecule has 2 rings (SSSR count). The van der Waals surface area contributed by atoms with Gasteiger partial charge in [-0.25, -0.2) is 4.98 Å². The molecule has 1 aromatic heterocycles. The van der Waals surface area contributed by atoms with Gasteiger partial charge in [-0.15, -0.1) is 0 Å². The van der Waals surface area contributed by atoms with Crippen molar-refractivity contribution in [3.05, 3.63) is 10.6 Å². The van der Waals surface area contributed by atoms with Crippen molar-refractivity contribution in [2.75, 3.05) is 18.0 Å². The molecule has 1 unspecified atom stereocenters. The van der Waals surface area contributed by atoms with E-state index in [0.717, 1.165) is 19.5 Å². The van der Waals surface area contributed by atoms with Crippen molar-refractivity contribution in [1.29, 1.82) is 0 Å². The third kappa shape index (κ3) is 3.78. The lowest BCUT2D eigenvalue weighted by molar-refractivity contribution is 0.260. The summed E-state index contributed by atoms with van der Waals surface area (Å²) in [6.45, 7) is 15.8. The molecule has 1 atom stereocenters. The number of anilines is 1. The Bertz CT molecular complexity index is 465. The van der Waals surface area contributed by atoms with E-state index in [4.69, 9.17) is 4.98 Å². The summed E-state index contributed by atoms with van der Waals surface area (Å²) in [5.74, 6) is 0. The molecule has 0 aliphatic heterocycles. The fourth-order valence-electron chi connectivity index (χ4n) is 3.27. The number of rotatable bonds is 6. The fourth-order valence-corrected chi connectivity index (χ4v) is 4.59. The van der Waals surface area contributed by atoms with Gasteiger partial charge in [0, 0.05) is 23.5 Å². The van der Waals surface area contributed by atoms with E-state index in [-0.39, 0.29) is 0 Å². The van der Waals surface area contributed by atoms with Crippen LogP contribution in [0.5, 0.6) is 0 Å². The molecule has 0 spiro atoms. The van der Waals surface area contributed by atoms with Crippen molar-refractivity contribution >= 4 is 16.5 Å². The van der Waals surface area contributed by atoms with E-state index in [1.54, 1.807) is 0 Å². The van der Waals surface area contributed by atoms with Crippen LogP contribution in [0, 0.1) is 5.41 Å². The molecule has 0 saturated heterocycles. The number of thiazole rings is 1. The van der Waals surface area contributed by atoms with E-state index in [9.17, 15) is 0 Å². The van der Waals surface area contributed by atoms with Gasteiger partial charge in [-0.2, -0.15) is 0 Å². The van der Waals surface area contributed by atoms with Gasteiger partial charge in [0.15, 0.2) is 5.13 Å². The van der Waals surface area contributed by atoms with Gasteiger partial charge in [-0.05, 0) is 45.1 Å². The molecular weight excluding hydrogens is 278 g/mol. The predicted molar refractivity (Wildman–Crippen MR) is 93.4 cm³/mol. The smallest absolute Gasteiger partial charge is 0.186 e. The van der Waals surface area contributed by atoms with E-state index >= 15 is 0 Å². The molecule has 0 fully saturated rings. The highest BCUT2D eigenvalue weighted by Crippen LogP contribution is 2.44. The topological polar surface area (TPSA) is 28.2 Å². The zero-order valence-corrected chi connectivity index (χ0v) is 15.3. The molecule has 0 bridgehead atoms. The lowest BCUT2D eigenvalue weighted by Crippen LogP contribution is -2.32. The Labute approximate surface area is 134 Å². The van der Waals surface area contributed by atoms with E-state index in [0.29, 0.717) is 17.5 Å². The van der Waals surface area contributed by atoms with Gasteiger partial charge in [-0.1, -0.05) is 39.0 Å². The highest BCUT2D eigenvalue weighted by molar-refractivity contribution is 7.15. The van der Waals surface area contributed by atoms with Crippen LogP contribution in [0.4, 0.5) is 5.13 Å². The standard InChI is InChI=1S/C17H31N3S/c1-7-9-20(12(3)4)16-19-14-11-17(5,6)10-13(18-8-2)15(14)21-16/h12-13,18H,7-11H2,1-6H3. The molecule has 21 heavy (non-hydrogen) atoms. The van der Waals surface area contributed by atoms with Crippen LogP contribution in [0.2, 0.25) is 0 Å². The Kier molecular flexibility index (Phi) is 5.31. The summed E-state index contributed by atoms with van der Waals surface area (Å²) in [5, 5.41) is 4.88. The predicted octanol–water partition coefficient (Wildman–Crippen LogP) is 4.39. The first-order valence-corrected chi connectivity index (χ1v) is 9.19. The lowest BCUT2D eigenvalue weighted by Gasteiger charge is -2.34. The molecular formula is C17H31N3S. The van der Waals surface area contributed by atoms with Crippen LogP contribution in [0.3, 0.4) is 0 Å². The van der Waals surface area contributed by atoms with Crippen molar-refractivity contribution in [3.8, 4) is 0 Å². The Morgan fingerprint density at radius 2 is 2.10 bits per heavy atom. The second kappa shape index (κ2) is 6.66. The second-order valence-corrected chi connectivity index (χ2v) is 8.26. The highest BCUT2D eigenvalue weighted by Gasteiger charge is 2.35. The van der Waals surface area contributed by atoms with Gasteiger partial charge in [0.05, 0.1) is 5.69 Å². The van der Waals surface area contributed by atoms with Crippen LogP contribution in [-0.4, -0.2) is 24.1 Å². The van der Waals surface area contributed by atoms with Crippen LogP contribution in [0.15, 0.2) is 0 Å². The molecule has 0 aromatic carbocycles. The van der Waals surface area contributed by atoms with E-state index in [2.05, 4.69) is 51.8 Å². The molecule has 0 radical (unpaired) electrons. The maximum Gasteiger partial charge on any atom is 0.186 e. The second-order valence-electron chi connectivity index (χ2n) is 7.25. The largest absolute Gasteiger partial charge is 0.346 e. The zero-order valence-electron chi connectivity index (χ0n) is 14.5. The first-order valence-electron chi connectivity index (χ1n) is 8.37. The van der Waals surface area contributed by atoms with E-state index in [1.165, 1.54) is 28.5 Å². The summed E-state index contributed by atoms with van der Waals surface area (Å²) in [6, 6.07) is 0.999. The number of aromatic nitrogens is 1. The van der Waals surface area contributed by atoms with Gasteiger partial charge in [0.2, 0.25) is 0 Å². The average molecular weight is 310 g/mol. The van der Waals surface area contributed by atoms with Crippen molar-refractivity contribution in [3.63, 3.8) is 0 Å². The molecule has 1 aliphatic rings. The molecule has 1 aromatic rings. The summed E-state index contributed by atoms with van der Waals surface area (Å²) in [6.07, 6.45) is 3.49. The average Bonchev–Trinajstić information content (AvgIpc) is 2.77. The normalized spacial score (nSPS) is 20.6. The van der Waals surface area contributed by atoms with Crippen LogP contribution >= 0.6 is 11.3 Å².